The van der Waals surface area contributed by atoms with Gasteiger partial charge in [0.05, 0.1) is 6.10 Å². The summed E-state index contributed by atoms with van der Waals surface area (Å²) in [5, 5.41) is 6.35. The fraction of sp³-hybridized carbons (Fsp3) is 0.818. The second-order valence-corrected chi connectivity index (χ2v) is 8.80. The first-order valence-corrected chi connectivity index (χ1v) is 7.87. The molecular weight excluding hydrogens is 252 g/mol. The van der Waals surface area contributed by atoms with Gasteiger partial charge in [-0.15, -0.1) is 0 Å². The summed E-state index contributed by atoms with van der Waals surface area (Å²) < 4.78 is 9.97. The summed E-state index contributed by atoms with van der Waals surface area (Å²) in [5.41, 5.74) is 0.624. The Kier molecular flexibility index (Phi) is 7.41. The normalized spacial score (nSPS) is 11.9. The molecule has 0 aromatic rings. The van der Waals surface area contributed by atoms with E-state index in [1.165, 1.54) is 0 Å². The van der Waals surface area contributed by atoms with E-state index < -0.39 is 21.2 Å². The standard InChI is InChI=1S/C11H22N2O4Si/c1-7(2)16-10(14)12-13-11(15)17-18(8(3)4)9(5)6/h7-9,18H,1-6H3. The van der Waals surface area contributed by atoms with Crippen LogP contribution in [0, 0.1) is 0 Å². The first kappa shape index (κ1) is 16.8. The van der Waals surface area contributed by atoms with Gasteiger partial charge in [-0.3, -0.25) is 0 Å². The largest absolute Gasteiger partial charge is 0.503 e. The van der Waals surface area contributed by atoms with Crippen LogP contribution in [0.25, 0.3) is 0 Å². The van der Waals surface area contributed by atoms with Crippen LogP contribution in [0.2, 0.25) is 11.1 Å². The molecule has 0 atom stereocenters. The smallest absolute Gasteiger partial charge is 0.452 e. The molecule has 0 fully saturated rings. The van der Waals surface area contributed by atoms with Gasteiger partial charge in [-0.2, -0.15) is 0 Å². The van der Waals surface area contributed by atoms with Crippen molar-refractivity contribution in [1.82, 2.24) is 0 Å². The van der Waals surface area contributed by atoms with Gasteiger partial charge in [0.25, 0.3) is 0 Å². The minimum absolute atomic E-state index is 0.291. The van der Waals surface area contributed by atoms with Crippen LogP contribution >= 0.6 is 0 Å². The molecule has 0 saturated heterocycles. The number of hydrogen-bond acceptors (Lipinski definition) is 4. The van der Waals surface area contributed by atoms with Gasteiger partial charge in [0.2, 0.25) is 9.04 Å². The van der Waals surface area contributed by atoms with Crippen molar-refractivity contribution in [2.75, 3.05) is 0 Å². The van der Waals surface area contributed by atoms with Gasteiger partial charge < -0.3 is 9.16 Å². The Morgan fingerprint density at radius 1 is 0.889 bits per heavy atom. The monoisotopic (exact) mass is 274 g/mol. The summed E-state index contributed by atoms with van der Waals surface area (Å²) in [6.45, 7) is 11.4. The lowest BCUT2D eigenvalue weighted by molar-refractivity contribution is 0.123. The number of azo groups is 1. The summed E-state index contributed by atoms with van der Waals surface area (Å²) in [4.78, 5) is 22.4. The lowest BCUT2D eigenvalue weighted by atomic mass is 10.5. The van der Waals surface area contributed by atoms with E-state index in [0.717, 1.165) is 0 Å². The van der Waals surface area contributed by atoms with E-state index in [2.05, 4.69) is 10.2 Å². The Hall–Kier alpha value is -1.24. The predicted octanol–water partition coefficient (Wildman–Crippen LogP) is 3.66. The van der Waals surface area contributed by atoms with Gasteiger partial charge in [-0.05, 0) is 24.9 Å². The zero-order valence-corrected chi connectivity index (χ0v) is 13.0. The molecule has 7 heteroatoms. The third-order valence-corrected chi connectivity index (χ3v) is 5.20. The van der Waals surface area contributed by atoms with E-state index in [1.54, 1.807) is 13.8 Å². The minimum Gasteiger partial charge on any atom is -0.503 e. The molecule has 2 amide bonds. The molecule has 18 heavy (non-hydrogen) atoms. The van der Waals surface area contributed by atoms with Crippen LogP contribution in [0.4, 0.5) is 9.59 Å². The van der Waals surface area contributed by atoms with E-state index in [9.17, 15) is 9.59 Å². The molecule has 104 valence electrons. The number of carbonyl (C=O) groups excluding carboxylic acids is 2. The molecule has 0 rings (SSSR count). The maximum absolute atomic E-state index is 11.4. The Morgan fingerprint density at radius 2 is 1.33 bits per heavy atom. The average molecular weight is 274 g/mol. The second-order valence-electron chi connectivity index (χ2n) is 4.97. The van der Waals surface area contributed by atoms with E-state index in [-0.39, 0.29) is 6.10 Å². The van der Waals surface area contributed by atoms with Crippen molar-refractivity contribution in [3.63, 3.8) is 0 Å². The minimum atomic E-state index is -1.69. The van der Waals surface area contributed by atoms with Crippen LogP contribution in [-0.4, -0.2) is 27.3 Å². The molecular formula is C11H22N2O4Si. The summed E-state index contributed by atoms with van der Waals surface area (Å²) >= 11 is 0. The predicted molar refractivity (Wildman–Crippen MR) is 70.3 cm³/mol. The molecule has 0 unspecified atom stereocenters. The van der Waals surface area contributed by atoms with Gasteiger partial charge in [-0.25, -0.2) is 9.59 Å². The first-order chi connectivity index (χ1) is 8.23. The molecule has 0 saturated carbocycles. The van der Waals surface area contributed by atoms with Crippen LogP contribution in [0.1, 0.15) is 41.5 Å². The number of ether oxygens (including phenoxy) is 1. The fourth-order valence-corrected chi connectivity index (χ4v) is 3.85. The van der Waals surface area contributed by atoms with Crippen LogP contribution < -0.4 is 0 Å². The fourth-order valence-electron chi connectivity index (χ4n) is 1.49. The molecule has 0 bridgehead atoms. The molecule has 0 radical (unpaired) electrons. The molecule has 0 N–H and O–H groups in total. The Morgan fingerprint density at radius 3 is 1.72 bits per heavy atom. The number of amides is 2. The van der Waals surface area contributed by atoms with Gasteiger partial charge in [0.1, 0.15) is 0 Å². The van der Waals surface area contributed by atoms with Crippen LogP contribution in [0.5, 0.6) is 0 Å². The lowest BCUT2D eigenvalue weighted by Gasteiger charge is -2.21. The Balaban J connectivity index is 4.33. The van der Waals surface area contributed by atoms with Gasteiger partial charge >= 0.3 is 12.2 Å². The maximum Gasteiger partial charge on any atom is 0.452 e. The van der Waals surface area contributed by atoms with Gasteiger partial charge in [0.15, 0.2) is 0 Å². The van der Waals surface area contributed by atoms with Crippen molar-refractivity contribution in [1.29, 1.82) is 0 Å². The summed E-state index contributed by atoms with van der Waals surface area (Å²) in [5.74, 6) is 0. The highest BCUT2D eigenvalue weighted by Gasteiger charge is 2.25. The second kappa shape index (κ2) is 7.96. The molecule has 0 aromatic carbocycles. The van der Waals surface area contributed by atoms with Crippen molar-refractivity contribution in [2.24, 2.45) is 10.2 Å². The topological polar surface area (TPSA) is 77.3 Å². The molecule has 0 aromatic heterocycles. The Bertz CT molecular complexity index is 308. The molecule has 0 aliphatic heterocycles. The highest BCUT2D eigenvalue weighted by molar-refractivity contribution is 6.56. The zero-order valence-electron chi connectivity index (χ0n) is 11.8. The van der Waals surface area contributed by atoms with Crippen LogP contribution in [0.15, 0.2) is 10.2 Å². The van der Waals surface area contributed by atoms with E-state index in [1.807, 2.05) is 27.7 Å². The Labute approximate surface area is 109 Å². The first-order valence-electron chi connectivity index (χ1n) is 6.07. The highest BCUT2D eigenvalue weighted by Crippen LogP contribution is 2.21. The molecule has 6 nitrogen and oxygen atoms in total. The van der Waals surface area contributed by atoms with Crippen LogP contribution in [0.3, 0.4) is 0 Å². The molecule has 0 aliphatic rings. The quantitative estimate of drug-likeness (QED) is 0.579. The molecule has 0 heterocycles. The summed E-state index contributed by atoms with van der Waals surface area (Å²) in [7, 11) is -1.69. The van der Waals surface area contributed by atoms with Crippen molar-refractivity contribution < 1.29 is 18.8 Å². The van der Waals surface area contributed by atoms with Crippen molar-refractivity contribution in [3.8, 4) is 0 Å². The number of hydrogen-bond donors (Lipinski definition) is 0. The maximum atomic E-state index is 11.4. The van der Waals surface area contributed by atoms with E-state index in [0.29, 0.717) is 11.1 Å². The van der Waals surface area contributed by atoms with Gasteiger partial charge in [-0.1, -0.05) is 37.9 Å². The van der Waals surface area contributed by atoms with Crippen molar-refractivity contribution >= 4 is 21.2 Å². The van der Waals surface area contributed by atoms with E-state index >= 15 is 0 Å². The third-order valence-electron chi connectivity index (χ3n) is 2.10. The number of carbonyl (C=O) groups is 2. The van der Waals surface area contributed by atoms with Crippen molar-refractivity contribution in [3.05, 3.63) is 0 Å². The summed E-state index contributed by atoms with van der Waals surface area (Å²) in [6, 6.07) is 0. The highest BCUT2D eigenvalue weighted by atomic mass is 28.3. The number of nitrogens with zero attached hydrogens (tertiary/aromatic N) is 2. The average Bonchev–Trinajstić information content (AvgIpc) is 2.21. The molecule has 0 spiro atoms. The lowest BCUT2D eigenvalue weighted by Crippen LogP contribution is -2.27. The van der Waals surface area contributed by atoms with E-state index in [4.69, 9.17) is 9.16 Å². The molecule has 0 aliphatic carbocycles. The SMILES string of the molecule is CC(C)OC(=O)N=NC(=O)O[SiH](C(C)C)C(C)C. The van der Waals surface area contributed by atoms with Crippen molar-refractivity contribution in [2.45, 2.75) is 58.7 Å². The van der Waals surface area contributed by atoms with Gasteiger partial charge in [0, 0.05) is 0 Å². The summed E-state index contributed by atoms with van der Waals surface area (Å²) in [6.07, 6.45) is -1.98. The third kappa shape index (κ3) is 7.15. The zero-order chi connectivity index (χ0) is 14.3. The number of rotatable bonds is 4. The van der Waals surface area contributed by atoms with Crippen LogP contribution in [-0.2, 0) is 9.16 Å².